The summed E-state index contributed by atoms with van der Waals surface area (Å²) >= 11 is 1.62. The second-order valence-corrected chi connectivity index (χ2v) is 9.21. The molecule has 3 heterocycles. The van der Waals surface area contributed by atoms with Crippen LogP contribution in [0.4, 0.5) is 8.78 Å². The van der Waals surface area contributed by atoms with Gasteiger partial charge in [-0.2, -0.15) is 20.7 Å². The van der Waals surface area contributed by atoms with Crippen molar-refractivity contribution < 1.29 is 17.2 Å². The van der Waals surface area contributed by atoms with E-state index in [0.29, 0.717) is 19.8 Å². The molecule has 1 aliphatic heterocycles. The summed E-state index contributed by atoms with van der Waals surface area (Å²) in [6, 6.07) is 6.62. The quantitative estimate of drug-likeness (QED) is 0.632. The molecule has 0 spiro atoms. The monoisotopic (exact) mass is 424 g/mol. The van der Waals surface area contributed by atoms with E-state index in [9.17, 15) is 17.2 Å². The number of benzene rings is 1. The summed E-state index contributed by atoms with van der Waals surface area (Å²) in [5.74, 6) is -2.23. The normalized spacial score (nSPS) is 16.5. The average molecular weight is 424 g/mol. The average Bonchev–Trinajstić information content (AvgIpc) is 3.36. The van der Waals surface area contributed by atoms with Crippen molar-refractivity contribution in [1.82, 2.24) is 19.0 Å². The lowest BCUT2D eigenvalue weighted by Gasteiger charge is -2.33. The lowest BCUT2D eigenvalue weighted by atomic mass is 10.2. The van der Waals surface area contributed by atoms with Crippen molar-refractivity contribution in [2.24, 2.45) is 0 Å². The number of thiophene rings is 1. The Kier molecular flexibility index (Phi) is 5.28. The predicted molar refractivity (Wildman–Crippen MR) is 102 cm³/mol. The minimum atomic E-state index is -3.84. The Balaban J connectivity index is 1.38. The predicted octanol–water partition coefficient (Wildman–Crippen LogP) is 2.85. The van der Waals surface area contributed by atoms with Gasteiger partial charge >= 0.3 is 0 Å². The van der Waals surface area contributed by atoms with Crippen LogP contribution < -0.4 is 0 Å². The zero-order valence-corrected chi connectivity index (χ0v) is 16.5. The molecular formula is C18H18F2N4O2S2. The first-order valence-corrected chi connectivity index (χ1v) is 11.1. The molecule has 0 N–H and O–H groups in total. The Morgan fingerprint density at radius 2 is 1.82 bits per heavy atom. The summed E-state index contributed by atoms with van der Waals surface area (Å²) in [7, 11) is -3.84. The number of hydrogen-bond acceptors (Lipinski definition) is 5. The minimum Gasteiger partial charge on any atom is -0.282 e. The Bertz CT molecular complexity index is 1060. The first-order chi connectivity index (χ1) is 13.4. The van der Waals surface area contributed by atoms with Gasteiger partial charge in [-0.1, -0.05) is 0 Å². The Hall–Kier alpha value is -2.14. The number of sulfonamides is 1. The van der Waals surface area contributed by atoms with Gasteiger partial charge in [0.25, 0.3) is 0 Å². The van der Waals surface area contributed by atoms with Crippen LogP contribution in [0.1, 0.15) is 0 Å². The van der Waals surface area contributed by atoms with E-state index in [0.717, 1.165) is 29.5 Å². The molecule has 1 fully saturated rings. The van der Waals surface area contributed by atoms with Crippen molar-refractivity contribution in [2.75, 3.05) is 26.2 Å². The maximum absolute atomic E-state index is 13.4. The number of nitrogens with zero attached hydrogens (tertiary/aromatic N) is 4. The molecule has 1 aliphatic rings. The molecule has 0 amide bonds. The van der Waals surface area contributed by atoms with Crippen molar-refractivity contribution in [3.63, 3.8) is 0 Å². The van der Waals surface area contributed by atoms with E-state index in [1.807, 2.05) is 33.8 Å². The summed E-state index contributed by atoms with van der Waals surface area (Å²) in [5.41, 5.74) is 1.98. The number of hydrogen-bond donors (Lipinski definition) is 0. The fraction of sp³-hybridized carbons (Fsp3) is 0.278. The third-order valence-corrected chi connectivity index (χ3v) is 7.24. The third-order valence-electron chi connectivity index (χ3n) is 4.66. The minimum absolute atomic E-state index is 0.229. The van der Waals surface area contributed by atoms with E-state index in [1.54, 1.807) is 11.3 Å². The van der Waals surface area contributed by atoms with Crippen LogP contribution in [-0.4, -0.2) is 53.6 Å². The number of halogens is 2. The Morgan fingerprint density at radius 1 is 1.04 bits per heavy atom. The highest BCUT2D eigenvalue weighted by atomic mass is 32.2. The van der Waals surface area contributed by atoms with Crippen LogP contribution in [0.5, 0.6) is 0 Å². The maximum Gasteiger partial charge on any atom is 0.243 e. The molecule has 0 atom stereocenters. The van der Waals surface area contributed by atoms with Crippen LogP contribution in [0.15, 0.2) is 52.2 Å². The van der Waals surface area contributed by atoms with Gasteiger partial charge in [0.15, 0.2) is 11.6 Å². The lowest BCUT2D eigenvalue weighted by molar-refractivity contribution is 0.146. The molecule has 0 aliphatic carbocycles. The van der Waals surface area contributed by atoms with Gasteiger partial charge in [0, 0.05) is 43.3 Å². The lowest BCUT2D eigenvalue weighted by Crippen LogP contribution is -2.48. The Morgan fingerprint density at radius 3 is 2.50 bits per heavy atom. The van der Waals surface area contributed by atoms with Crippen molar-refractivity contribution >= 4 is 21.4 Å². The molecule has 6 nitrogen and oxygen atoms in total. The number of aromatic nitrogens is 2. The van der Waals surface area contributed by atoms with E-state index >= 15 is 0 Å². The SMILES string of the molecule is O=S(=O)(c1ccc(F)c(F)c1)N1CCN(Cn2ccc(-c3ccsc3)n2)CC1. The molecule has 28 heavy (non-hydrogen) atoms. The standard InChI is InChI=1S/C18H18F2N4O2S2/c19-16-2-1-15(11-17(16)20)28(25,26)24-8-6-22(7-9-24)13-23-5-3-18(21-23)14-4-10-27-12-14/h1-5,10-12H,6-9,13H2. The van der Waals surface area contributed by atoms with Crippen molar-refractivity contribution in [3.05, 3.63) is 58.9 Å². The summed E-state index contributed by atoms with van der Waals surface area (Å²) in [6.45, 7) is 2.16. The molecular weight excluding hydrogens is 406 g/mol. The highest BCUT2D eigenvalue weighted by Gasteiger charge is 2.29. The molecule has 2 aromatic heterocycles. The zero-order valence-electron chi connectivity index (χ0n) is 14.8. The summed E-state index contributed by atoms with van der Waals surface area (Å²) < 4.78 is 54.9. The van der Waals surface area contributed by atoms with Gasteiger partial charge in [0.05, 0.1) is 17.3 Å². The molecule has 0 bridgehead atoms. The van der Waals surface area contributed by atoms with Gasteiger partial charge < -0.3 is 0 Å². The highest BCUT2D eigenvalue weighted by Crippen LogP contribution is 2.21. The van der Waals surface area contributed by atoms with Crippen molar-refractivity contribution in [3.8, 4) is 11.3 Å². The van der Waals surface area contributed by atoms with Crippen LogP contribution in [0.2, 0.25) is 0 Å². The van der Waals surface area contributed by atoms with Crippen LogP contribution in [-0.2, 0) is 16.7 Å². The fourth-order valence-corrected chi connectivity index (χ4v) is 5.19. The highest BCUT2D eigenvalue weighted by molar-refractivity contribution is 7.89. The van der Waals surface area contributed by atoms with Crippen LogP contribution >= 0.6 is 11.3 Å². The topological polar surface area (TPSA) is 58.4 Å². The molecule has 0 unspecified atom stereocenters. The molecule has 4 rings (SSSR count). The van der Waals surface area contributed by atoms with E-state index in [2.05, 4.69) is 10.00 Å². The third kappa shape index (κ3) is 3.86. The van der Waals surface area contributed by atoms with Crippen LogP contribution in [0.3, 0.4) is 0 Å². The zero-order chi connectivity index (χ0) is 19.7. The van der Waals surface area contributed by atoms with Gasteiger partial charge in [0.1, 0.15) is 0 Å². The van der Waals surface area contributed by atoms with Crippen molar-refractivity contribution in [1.29, 1.82) is 0 Å². The molecule has 10 heteroatoms. The first kappa shape index (κ1) is 19.2. The largest absolute Gasteiger partial charge is 0.282 e. The number of rotatable bonds is 5. The molecule has 0 saturated carbocycles. The summed E-state index contributed by atoms with van der Waals surface area (Å²) in [5, 5.41) is 8.59. The van der Waals surface area contributed by atoms with Crippen molar-refractivity contribution in [2.45, 2.75) is 11.6 Å². The first-order valence-electron chi connectivity index (χ1n) is 8.67. The molecule has 1 aromatic carbocycles. The molecule has 3 aromatic rings. The van der Waals surface area contributed by atoms with Crippen LogP contribution in [0, 0.1) is 11.6 Å². The van der Waals surface area contributed by atoms with Gasteiger partial charge in [-0.15, -0.1) is 0 Å². The summed E-state index contributed by atoms with van der Waals surface area (Å²) in [4.78, 5) is 1.87. The maximum atomic E-state index is 13.4. The van der Waals surface area contributed by atoms with Gasteiger partial charge in [0.2, 0.25) is 10.0 Å². The fourth-order valence-electron chi connectivity index (χ4n) is 3.11. The van der Waals surface area contributed by atoms with Crippen LogP contribution in [0.25, 0.3) is 11.3 Å². The Labute approximate surface area is 165 Å². The molecule has 0 radical (unpaired) electrons. The van der Waals surface area contributed by atoms with E-state index < -0.39 is 21.7 Å². The van der Waals surface area contributed by atoms with E-state index in [-0.39, 0.29) is 18.0 Å². The van der Waals surface area contributed by atoms with Gasteiger partial charge in [-0.3, -0.25) is 9.58 Å². The second kappa shape index (κ2) is 7.70. The van der Waals surface area contributed by atoms with Gasteiger partial charge in [-0.05, 0) is 35.7 Å². The smallest absolute Gasteiger partial charge is 0.243 e. The van der Waals surface area contributed by atoms with E-state index in [4.69, 9.17) is 0 Å². The summed E-state index contributed by atoms with van der Waals surface area (Å²) in [6.07, 6.45) is 1.90. The number of piperazine rings is 1. The van der Waals surface area contributed by atoms with Gasteiger partial charge in [-0.25, -0.2) is 17.2 Å². The molecule has 148 valence electrons. The van der Waals surface area contributed by atoms with E-state index in [1.165, 1.54) is 4.31 Å². The second-order valence-electron chi connectivity index (χ2n) is 6.49. The molecule has 1 saturated heterocycles.